The molecule has 128 valence electrons. The standard InChI is InChI=1S/C17H15ClN4O2S/c1-25(23,24)21-13-4-5-14-15(9-13)19-10-20-17(14)22-7-6-11-2-3-12(18)8-16(11)22/h2-5,8-10,21H,6-7H2,1H3. The largest absolute Gasteiger partial charge is 0.325 e. The summed E-state index contributed by atoms with van der Waals surface area (Å²) in [6, 6.07) is 11.1. The van der Waals surface area contributed by atoms with Gasteiger partial charge in [-0.15, -0.1) is 0 Å². The summed E-state index contributed by atoms with van der Waals surface area (Å²) in [6.45, 7) is 0.811. The van der Waals surface area contributed by atoms with Crippen molar-refractivity contribution in [2.24, 2.45) is 0 Å². The lowest BCUT2D eigenvalue weighted by Crippen LogP contribution is -2.15. The molecule has 0 saturated carbocycles. The van der Waals surface area contributed by atoms with Crippen molar-refractivity contribution < 1.29 is 8.42 Å². The minimum Gasteiger partial charge on any atom is -0.325 e. The Morgan fingerprint density at radius 1 is 1.16 bits per heavy atom. The second-order valence-electron chi connectivity index (χ2n) is 5.98. The van der Waals surface area contributed by atoms with Crippen molar-refractivity contribution >= 4 is 49.7 Å². The number of fused-ring (bicyclic) bond motifs is 2. The Kier molecular flexibility index (Phi) is 3.77. The van der Waals surface area contributed by atoms with E-state index in [4.69, 9.17) is 11.6 Å². The maximum atomic E-state index is 11.4. The zero-order valence-corrected chi connectivity index (χ0v) is 15.0. The van der Waals surface area contributed by atoms with Crippen molar-refractivity contribution in [2.45, 2.75) is 6.42 Å². The number of halogens is 1. The van der Waals surface area contributed by atoms with Crippen LogP contribution in [0.25, 0.3) is 10.9 Å². The molecule has 6 nitrogen and oxygen atoms in total. The minimum absolute atomic E-state index is 0.476. The Labute approximate surface area is 150 Å². The van der Waals surface area contributed by atoms with Crippen LogP contribution < -0.4 is 9.62 Å². The SMILES string of the molecule is CS(=O)(=O)Nc1ccc2c(N3CCc4ccc(Cl)cc43)ncnc2c1. The monoisotopic (exact) mass is 374 g/mol. The summed E-state index contributed by atoms with van der Waals surface area (Å²) in [7, 11) is -3.33. The van der Waals surface area contributed by atoms with Gasteiger partial charge in [0.1, 0.15) is 12.1 Å². The highest BCUT2D eigenvalue weighted by Gasteiger charge is 2.23. The van der Waals surface area contributed by atoms with Gasteiger partial charge in [-0.2, -0.15) is 0 Å². The molecule has 0 bridgehead atoms. The Bertz CT molecular complexity index is 1090. The van der Waals surface area contributed by atoms with Gasteiger partial charge >= 0.3 is 0 Å². The van der Waals surface area contributed by atoms with Crippen molar-refractivity contribution in [1.82, 2.24) is 9.97 Å². The number of hydrogen-bond donors (Lipinski definition) is 1. The quantitative estimate of drug-likeness (QED) is 0.760. The fraction of sp³-hybridized carbons (Fsp3) is 0.176. The number of hydrogen-bond acceptors (Lipinski definition) is 5. The molecule has 8 heteroatoms. The van der Waals surface area contributed by atoms with Gasteiger partial charge < -0.3 is 4.90 Å². The van der Waals surface area contributed by atoms with Gasteiger partial charge in [0.25, 0.3) is 0 Å². The van der Waals surface area contributed by atoms with Crippen molar-refractivity contribution in [2.75, 3.05) is 22.4 Å². The van der Waals surface area contributed by atoms with Gasteiger partial charge in [-0.25, -0.2) is 18.4 Å². The summed E-state index contributed by atoms with van der Waals surface area (Å²) in [5.74, 6) is 0.789. The van der Waals surface area contributed by atoms with Gasteiger partial charge in [-0.05, 0) is 42.3 Å². The molecular formula is C17H15ClN4O2S. The molecule has 0 saturated heterocycles. The second kappa shape index (κ2) is 5.86. The van der Waals surface area contributed by atoms with E-state index in [1.807, 2.05) is 24.3 Å². The first kappa shape index (κ1) is 16.1. The molecule has 1 aliphatic heterocycles. The van der Waals surface area contributed by atoms with Gasteiger partial charge in [0.15, 0.2) is 0 Å². The average Bonchev–Trinajstić information content (AvgIpc) is 2.95. The third kappa shape index (κ3) is 3.12. The molecule has 4 rings (SSSR count). The number of rotatable bonds is 3. The van der Waals surface area contributed by atoms with Crippen LogP contribution in [0.3, 0.4) is 0 Å². The summed E-state index contributed by atoms with van der Waals surface area (Å²) in [6.07, 6.45) is 3.53. The van der Waals surface area contributed by atoms with Crippen molar-refractivity contribution in [3.8, 4) is 0 Å². The van der Waals surface area contributed by atoms with E-state index < -0.39 is 10.0 Å². The molecule has 0 spiro atoms. The van der Waals surface area contributed by atoms with Crippen molar-refractivity contribution in [1.29, 1.82) is 0 Å². The van der Waals surface area contributed by atoms with Gasteiger partial charge in [-0.1, -0.05) is 17.7 Å². The van der Waals surface area contributed by atoms with Crippen LogP contribution in [0.5, 0.6) is 0 Å². The van der Waals surface area contributed by atoms with Gasteiger partial charge in [-0.3, -0.25) is 4.72 Å². The second-order valence-corrected chi connectivity index (χ2v) is 8.16. The number of benzene rings is 2. The Balaban J connectivity index is 1.81. The van der Waals surface area contributed by atoms with Gasteiger partial charge in [0, 0.05) is 22.6 Å². The van der Waals surface area contributed by atoms with E-state index in [9.17, 15) is 8.42 Å². The predicted molar refractivity (Wildman–Crippen MR) is 100 cm³/mol. The van der Waals surface area contributed by atoms with E-state index in [1.54, 1.807) is 12.1 Å². The van der Waals surface area contributed by atoms with Crippen molar-refractivity contribution in [3.63, 3.8) is 0 Å². The van der Waals surface area contributed by atoms with Crippen LogP contribution in [-0.4, -0.2) is 31.2 Å². The number of sulfonamides is 1. The number of nitrogens with one attached hydrogen (secondary N) is 1. The average molecular weight is 375 g/mol. The van der Waals surface area contributed by atoms with Crippen LogP contribution in [0.4, 0.5) is 17.2 Å². The molecule has 0 unspecified atom stereocenters. The van der Waals surface area contributed by atoms with Gasteiger partial charge in [0.2, 0.25) is 10.0 Å². The lowest BCUT2D eigenvalue weighted by Gasteiger charge is -2.20. The normalized spacial score (nSPS) is 13.9. The smallest absolute Gasteiger partial charge is 0.229 e. The Hall–Kier alpha value is -2.38. The molecule has 1 N–H and O–H groups in total. The van der Waals surface area contributed by atoms with E-state index in [0.29, 0.717) is 16.2 Å². The number of aromatic nitrogens is 2. The molecule has 2 heterocycles. The zero-order chi connectivity index (χ0) is 17.6. The number of nitrogens with zero attached hydrogens (tertiary/aromatic N) is 3. The summed E-state index contributed by atoms with van der Waals surface area (Å²) >= 11 is 6.15. The van der Waals surface area contributed by atoms with E-state index >= 15 is 0 Å². The predicted octanol–water partition coefficient (Wildman–Crippen LogP) is 3.35. The molecule has 1 aliphatic rings. The highest BCUT2D eigenvalue weighted by atomic mass is 35.5. The first-order valence-electron chi connectivity index (χ1n) is 7.69. The maximum Gasteiger partial charge on any atom is 0.229 e. The minimum atomic E-state index is -3.33. The van der Waals surface area contributed by atoms with Crippen LogP contribution in [-0.2, 0) is 16.4 Å². The maximum absolute atomic E-state index is 11.4. The Morgan fingerprint density at radius 2 is 2.00 bits per heavy atom. The highest BCUT2D eigenvalue weighted by Crippen LogP contribution is 2.38. The van der Waals surface area contributed by atoms with E-state index in [1.165, 1.54) is 11.9 Å². The van der Waals surface area contributed by atoms with E-state index in [-0.39, 0.29) is 0 Å². The summed E-state index contributed by atoms with van der Waals surface area (Å²) in [5.41, 5.74) is 3.43. The van der Waals surface area contributed by atoms with E-state index in [0.717, 1.165) is 36.1 Å². The lowest BCUT2D eigenvalue weighted by atomic mass is 10.1. The fourth-order valence-corrected chi connectivity index (χ4v) is 3.83. The van der Waals surface area contributed by atoms with Crippen LogP contribution in [0.2, 0.25) is 5.02 Å². The molecule has 0 amide bonds. The topological polar surface area (TPSA) is 75.2 Å². The highest BCUT2D eigenvalue weighted by molar-refractivity contribution is 7.92. The third-order valence-corrected chi connectivity index (χ3v) is 4.96. The first-order valence-corrected chi connectivity index (χ1v) is 9.96. The van der Waals surface area contributed by atoms with Crippen LogP contribution >= 0.6 is 11.6 Å². The molecule has 3 aromatic rings. The molecule has 0 fully saturated rings. The van der Waals surface area contributed by atoms with Crippen molar-refractivity contribution in [3.05, 3.63) is 53.3 Å². The van der Waals surface area contributed by atoms with Gasteiger partial charge in [0.05, 0.1) is 17.5 Å². The molecule has 0 aliphatic carbocycles. The van der Waals surface area contributed by atoms with Crippen LogP contribution in [0, 0.1) is 0 Å². The molecule has 0 atom stereocenters. The Morgan fingerprint density at radius 3 is 2.80 bits per heavy atom. The molecule has 2 aromatic carbocycles. The lowest BCUT2D eigenvalue weighted by molar-refractivity contribution is 0.607. The summed E-state index contributed by atoms with van der Waals surface area (Å²) in [4.78, 5) is 10.9. The zero-order valence-electron chi connectivity index (χ0n) is 13.4. The molecular weight excluding hydrogens is 360 g/mol. The fourth-order valence-electron chi connectivity index (χ4n) is 3.11. The molecule has 25 heavy (non-hydrogen) atoms. The van der Waals surface area contributed by atoms with E-state index in [2.05, 4.69) is 19.6 Å². The summed E-state index contributed by atoms with van der Waals surface area (Å²) < 4.78 is 25.3. The molecule has 1 aromatic heterocycles. The van der Waals surface area contributed by atoms with Crippen LogP contribution in [0.15, 0.2) is 42.7 Å². The third-order valence-electron chi connectivity index (χ3n) is 4.12. The van der Waals surface area contributed by atoms with Crippen LogP contribution in [0.1, 0.15) is 5.56 Å². The first-order chi connectivity index (χ1) is 11.9. The summed E-state index contributed by atoms with van der Waals surface area (Å²) in [5, 5.41) is 1.54. The number of anilines is 3. The molecule has 0 radical (unpaired) electrons.